The van der Waals surface area contributed by atoms with Gasteiger partial charge in [-0.2, -0.15) is 0 Å². The SMILES string of the molecule is CCNC(=NCc1cccc(CN2CCCC2=O)c1)N1CCC(OCC2CCCC2)CC1. The zero-order valence-corrected chi connectivity index (χ0v) is 19.7. The molecule has 1 saturated carbocycles. The molecule has 1 aromatic rings. The number of nitrogens with zero attached hydrogens (tertiary/aromatic N) is 3. The van der Waals surface area contributed by atoms with Crippen molar-refractivity contribution in [2.45, 2.75) is 77.5 Å². The van der Waals surface area contributed by atoms with E-state index >= 15 is 0 Å². The third-order valence-corrected chi connectivity index (χ3v) is 7.07. The minimum Gasteiger partial charge on any atom is -0.378 e. The largest absolute Gasteiger partial charge is 0.378 e. The first-order valence-corrected chi connectivity index (χ1v) is 12.7. The van der Waals surface area contributed by atoms with Crippen LogP contribution in [0.4, 0.5) is 0 Å². The molecule has 1 amide bonds. The first-order chi connectivity index (χ1) is 15.7. The van der Waals surface area contributed by atoms with Gasteiger partial charge >= 0.3 is 0 Å². The summed E-state index contributed by atoms with van der Waals surface area (Å²) in [5, 5.41) is 3.48. The van der Waals surface area contributed by atoms with Crippen molar-refractivity contribution in [2.75, 3.05) is 32.8 Å². The predicted octanol–water partition coefficient (Wildman–Crippen LogP) is 3.95. The van der Waals surface area contributed by atoms with E-state index in [1.807, 2.05) is 4.90 Å². The predicted molar refractivity (Wildman–Crippen MR) is 128 cm³/mol. The van der Waals surface area contributed by atoms with Crippen molar-refractivity contribution in [3.05, 3.63) is 35.4 Å². The van der Waals surface area contributed by atoms with Gasteiger partial charge in [0.2, 0.25) is 5.91 Å². The number of nitrogens with one attached hydrogen (secondary N) is 1. The fourth-order valence-electron chi connectivity index (χ4n) is 5.19. The Bertz CT molecular complexity index is 767. The van der Waals surface area contributed by atoms with E-state index in [0.29, 0.717) is 25.6 Å². The summed E-state index contributed by atoms with van der Waals surface area (Å²) >= 11 is 0. The lowest BCUT2D eigenvalue weighted by atomic mass is 10.1. The van der Waals surface area contributed by atoms with E-state index in [9.17, 15) is 4.79 Å². The number of guanidine groups is 1. The van der Waals surface area contributed by atoms with Gasteiger partial charge < -0.3 is 19.9 Å². The van der Waals surface area contributed by atoms with Gasteiger partial charge in [-0.3, -0.25) is 4.79 Å². The minimum atomic E-state index is 0.276. The summed E-state index contributed by atoms with van der Waals surface area (Å²) in [7, 11) is 0. The number of benzene rings is 1. The van der Waals surface area contributed by atoms with Crippen molar-refractivity contribution < 1.29 is 9.53 Å². The van der Waals surface area contributed by atoms with E-state index in [1.54, 1.807) is 0 Å². The lowest BCUT2D eigenvalue weighted by Gasteiger charge is -2.34. The molecular weight excluding hydrogens is 400 g/mol. The normalized spacial score (nSPS) is 21.0. The zero-order chi connectivity index (χ0) is 22.2. The van der Waals surface area contributed by atoms with Crippen molar-refractivity contribution in [2.24, 2.45) is 10.9 Å². The van der Waals surface area contributed by atoms with Crippen LogP contribution in [0.3, 0.4) is 0 Å². The number of aliphatic imine (C=N–C) groups is 1. The Balaban J connectivity index is 1.28. The molecule has 176 valence electrons. The number of likely N-dealkylation sites (tertiary alicyclic amines) is 2. The fraction of sp³-hybridized carbons (Fsp3) is 0.692. The molecule has 6 nitrogen and oxygen atoms in total. The monoisotopic (exact) mass is 440 g/mol. The Morgan fingerprint density at radius 1 is 1.09 bits per heavy atom. The molecule has 1 N–H and O–H groups in total. The van der Waals surface area contributed by atoms with Crippen LogP contribution in [0.5, 0.6) is 0 Å². The lowest BCUT2D eigenvalue weighted by Crippen LogP contribution is -2.47. The second kappa shape index (κ2) is 11.7. The second-order valence-corrected chi connectivity index (χ2v) is 9.58. The molecule has 0 unspecified atom stereocenters. The van der Waals surface area contributed by atoms with Crippen LogP contribution in [-0.4, -0.2) is 60.6 Å². The molecule has 0 spiro atoms. The number of carbonyl (C=O) groups is 1. The maximum absolute atomic E-state index is 11.9. The summed E-state index contributed by atoms with van der Waals surface area (Å²) in [6, 6.07) is 8.52. The zero-order valence-electron chi connectivity index (χ0n) is 19.7. The average Bonchev–Trinajstić information content (AvgIpc) is 3.48. The van der Waals surface area contributed by atoms with Gasteiger partial charge in [0.05, 0.1) is 12.6 Å². The molecule has 0 aromatic heterocycles. The molecule has 6 heteroatoms. The number of hydrogen-bond donors (Lipinski definition) is 1. The molecule has 0 radical (unpaired) electrons. The van der Waals surface area contributed by atoms with Crippen LogP contribution in [0.15, 0.2) is 29.3 Å². The number of hydrogen-bond acceptors (Lipinski definition) is 3. The Hall–Kier alpha value is -2.08. The minimum absolute atomic E-state index is 0.276. The molecule has 2 saturated heterocycles. The number of ether oxygens (including phenoxy) is 1. The summed E-state index contributed by atoms with van der Waals surface area (Å²) in [4.78, 5) is 21.2. The summed E-state index contributed by atoms with van der Waals surface area (Å²) < 4.78 is 6.24. The van der Waals surface area contributed by atoms with Crippen molar-refractivity contribution in [1.82, 2.24) is 15.1 Å². The molecular formula is C26H40N4O2. The van der Waals surface area contributed by atoms with E-state index in [2.05, 4.69) is 41.4 Å². The Morgan fingerprint density at radius 3 is 2.59 bits per heavy atom. The van der Waals surface area contributed by atoms with E-state index in [1.165, 1.54) is 36.8 Å². The van der Waals surface area contributed by atoms with Crippen LogP contribution in [-0.2, 0) is 22.6 Å². The highest BCUT2D eigenvalue weighted by Crippen LogP contribution is 2.26. The molecule has 3 fully saturated rings. The first kappa shape index (κ1) is 23.1. The number of carbonyl (C=O) groups excluding carboxylic acids is 1. The quantitative estimate of drug-likeness (QED) is 0.491. The van der Waals surface area contributed by atoms with E-state index in [0.717, 1.165) is 63.9 Å². The number of piperidine rings is 1. The van der Waals surface area contributed by atoms with Crippen LogP contribution in [0.25, 0.3) is 0 Å². The highest BCUT2D eigenvalue weighted by Gasteiger charge is 2.24. The van der Waals surface area contributed by atoms with Crippen molar-refractivity contribution in [1.29, 1.82) is 0 Å². The topological polar surface area (TPSA) is 57.2 Å². The van der Waals surface area contributed by atoms with E-state index < -0.39 is 0 Å². The van der Waals surface area contributed by atoms with Crippen molar-refractivity contribution >= 4 is 11.9 Å². The van der Waals surface area contributed by atoms with Gasteiger partial charge in [-0.1, -0.05) is 37.1 Å². The van der Waals surface area contributed by atoms with Crippen LogP contribution in [0.2, 0.25) is 0 Å². The molecule has 2 aliphatic heterocycles. The third kappa shape index (κ3) is 6.47. The van der Waals surface area contributed by atoms with Gasteiger partial charge in [-0.05, 0) is 56.1 Å². The highest BCUT2D eigenvalue weighted by atomic mass is 16.5. The highest BCUT2D eigenvalue weighted by molar-refractivity contribution is 5.80. The van der Waals surface area contributed by atoms with Crippen LogP contribution >= 0.6 is 0 Å². The van der Waals surface area contributed by atoms with Gasteiger partial charge in [0.25, 0.3) is 0 Å². The Labute approximate surface area is 193 Å². The lowest BCUT2D eigenvalue weighted by molar-refractivity contribution is -0.128. The van der Waals surface area contributed by atoms with Crippen molar-refractivity contribution in [3.63, 3.8) is 0 Å². The van der Waals surface area contributed by atoms with E-state index in [-0.39, 0.29) is 5.91 Å². The van der Waals surface area contributed by atoms with E-state index in [4.69, 9.17) is 9.73 Å². The van der Waals surface area contributed by atoms with Crippen molar-refractivity contribution in [3.8, 4) is 0 Å². The number of amides is 1. The van der Waals surface area contributed by atoms with Crippen LogP contribution in [0, 0.1) is 5.92 Å². The van der Waals surface area contributed by atoms with Gasteiger partial charge in [0.1, 0.15) is 0 Å². The summed E-state index contributed by atoms with van der Waals surface area (Å²) in [5.41, 5.74) is 2.39. The molecule has 0 atom stereocenters. The Morgan fingerprint density at radius 2 is 1.88 bits per heavy atom. The molecule has 2 heterocycles. The third-order valence-electron chi connectivity index (χ3n) is 7.07. The van der Waals surface area contributed by atoms with Gasteiger partial charge in [0.15, 0.2) is 5.96 Å². The van der Waals surface area contributed by atoms with Crippen LogP contribution in [0.1, 0.15) is 69.4 Å². The summed E-state index contributed by atoms with van der Waals surface area (Å²) in [6.07, 6.45) is 9.71. The van der Waals surface area contributed by atoms with Crippen LogP contribution < -0.4 is 5.32 Å². The molecule has 0 bridgehead atoms. The molecule has 1 aromatic carbocycles. The van der Waals surface area contributed by atoms with Gasteiger partial charge in [-0.15, -0.1) is 0 Å². The molecule has 1 aliphatic carbocycles. The molecule has 32 heavy (non-hydrogen) atoms. The maximum Gasteiger partial charge on any atom is 0.222 e. The molecule has 3 aliphatic rings. The standard InChI is InChI=1S/C26H40N4O2/c1-2-27-26(29-15-12-24(13-16-29)32-20-21-7-3-4-8-21)28-18-22-9-5-10-23(17-22)19-30-14-6-11-25(30)31/h5,9-10,17,21,24H,2-4,6-8,11-16,18-20H2,1H3,(H,27,28). The Kier molecular flexibility index (Phi) is 8.43. The average molecular weight is 441 g/mol. The van der Waals surface area contributed by atoms with Gasteiger partial charge in [-0.25, -0.2) is 4.99 Å². The van der Waals surface area contributed by atoms with Gasteiger partial charge in [0, 0.05) is 45.8 Å². The smallest absolute Gasteiger partial charge is 0.222 e. The maximum atomic E-state index is 11.9. The fourth-order valence-corrected chi connectivity index (χ4v) is 5.19. The number of rotatable bonds is 8. The summed E-state index contributed by atoms with van der Waals surface area (Å²) in [5.74, 6) is 2.08. The second-order valence-electron chi connectivity index (χ2n) is 9.58. The first-order valence-electron chi connectivity index (χ1n) is 12.7. The summed E-state index contributed by atoms with van der Waals surface area (Å²) in [6.45, 7) is 8.20. The molecule has 4 rings (SSSR count).